The molecule has 85 valence electrons. The normalized spacial score (nSPS) is 24.1. The van der Waals surface area contributed by atoms with E-state index in [0.29, 0.717) is 6.61 Å². The van der Waals surface area contributed by atoms with Crippen molar-refractivity contribution in [1.29, 1.82) is 0 Å². The number of hydrogen-bond acceptors (Lipinski definition) is 4. The molecule has 0 aliphatic carbocycles. The molecule has 1 saturated heterocycles. The van der Waals surface area contributed by atoms with E-state index in [1.807, 2.05) is 6.92 Å². The van der Waals surface area contributed by atoms with Crippen LogP contribution in [0.2, 0.25) is 0 Å². The molecule has 0 unspecified atom stereocenters. The van der Waals surface area contributed by atoms with Crippen LogP contribution in [0.25, 0.3) is 5.73 Å². The maximum atomic E-state index is 11.4. The minimum atomic E-state index is -0.479. The van der Waals surface area contributed by atoms with Crippen molar-refractivity contribution < 1.29 is 53.5 Å². The Morgan fingerprint density at radius 1 is 1.69 bits per heavy atom. The largest absolute Gasteiger partial charge is 0.482 e. The number of hydrogen-bond donors (Lipinski definition) is 0. The van der Waals surface area contributed by atoms with E-state index in [0.717, 1.165) is 6.42 Å². The zero-order valence-corrected chi connectivity index (χ0v) is 13.7. The Hall–Kier alpha value is 0.0416. The second-order valence-electron chi connectivity index (χ2n) is 3.26. The fourth-order valence-corrected chi connectivity index (χ4v) is 1.44. The van der Waals surface area contributed by atoms with Gasteiger partial charge in [-0.2, -0.15) is 0 Å². The van der Waals surface area contributed by atoms with Crippen molar-refractivity contribution in [1.82, 2.24) is 9.55 Å². The van der Waals surface area contributed by atoms with E-state index in [1.165, 1.54) is 16.8 Å². The third kappa shape index (κ3) is 3.04. The molecule has 1 aliphatic heterocycles. The quantitative estimate of drug-likeness (QED) is 0.697. The van der Waals surface area contributed by atoms with Crippen LogP contribution < -0.4 is 5.69 Å². The summed E-state index contributed by atoms with van der Waals surface area (Å²) in [6.07, 6.45) is 1.58. The van der Waals surface area contributed by atoms with Crippen LogP contribution >= 0.6 is 0 Å². The molecule has 16 heavy (non-hydrogen) atoms. The minimum absolute atomic E-state index is 0. The first-order valence-electron chi connectivity index (χ1n) is 4.78. The van der Waals surface area contributed by atoms with Crippen molar-refractivity contribution >= 4 is 5.82 Å². The van der Waals surface area contributed by atoms with Crippen LogP contribution in [0.5, 0.6) is 0 Å². The molecule has 1 N–H and O–H groups in total. The molecule has 2 rings (SSSR count). The van der Waals surface area contributed by atoms with Gasteiger partial charge >= 0.3 is 0 Å². The van der Waals surface area contributed by atoms with Crippen molar-refractivity contribution in [2.75, 3.05) is 6.61 Å². The molecular formula is C9H12AcN3O3-. The van der Waals surface area contributed by atoms with Gasteiger partial charge in [0.15, 0.2) is 12.5 Å². The van der Waals surface area contributed by atoms with Crippen molar-refractivity contribution in [2.45, 2.75) is 25.9 Å². The average molecular weight is 437 g/mol. The third-order valence-electron chi connectivity index (χ3n) is 2.21. The Morgan fingerprint density at radius 3 is 3.00 bits per heavy atom. The summed E-state index contributed by atoms with van der Waals surface area (Å²) in [6.45, 7) is 2.29. The van der Waals surface area contributed by atoms with E-state index >= 15 is 0 Å². The smallest absolute Gasteiger partial charge is 0.248 e. The molecule has 1 aromatic heterocycles. The molecule has 0 amide bonds. The summed E-state index contributed by atoms with van der Waals surface area (Å²) >= 11 is 0. The van der Waals surface area contributed by atoms with Gasteiger partial charge in [-0.05, 0) is 12.5 Å². The van der Waals surface area contributed by atoms with Gasteiger partial charge in [-0.15, -0.1) is 0 Å². The fourth-order valence-electron chi connectivity index (χ4n) is 1.44. The van der Waals surface area contributed by atoms with Gasteiger partial charge in [-0.25, -0.2) is 0 Å². The standard InChI is InChI=1S/C9H13N3O3.Ac/c1-2-8-14-5-7(15-8)12-4-3-6(10)11-9(12)13;/h3-4,7-8H,2,5H2,1H3,(H2,10,11,13);/p-1/t7-,8-;/m0./s1. The van der Waals surface area contributed by atoms with E-state index in [4.69, 9.17) is 15.2 Å². The molecule has 0 spiro atoms. The predicted molar refractivity (Wildman–Crippen MR) is 52.6 cm³/mol. The van der Waals surface area contributed by atoms with E-state index in [9.17, 15) is 4.79 Å². The van der Waals surface area contributed by atoms with Crippen molar-refractivity contribution in [2.24, 2.45) is 0 Å². The summed E-state index contributed by atoms with van der Waals surface area (Å²) in [4.78, 5) is 14.9. The number of aromatic nitrogens is 2. The monoisotopic (exact) mass is 437 g/mol. The van der Waals surface area contributed by atoms with Gasteiger partial charge in [-0.3, -0.25) is 9.36 Å². The summed E-state index contributed by atoms with van der Waals surface area (Å²) in [5.74, 6) is -0.0396. The molecule has 1 aliphatic rings. The Morgan fingerprint density at radius 2 is 2.44 bits per heavy atom. The first-order chi connectivity index (χ1) is 7.20. The van der Waals surface area contributed by atoms with E-state index < -0.39 is 11.9 Å². The fraction of sp³-hybridized carbons (Fsp3) is 0.556. The van der Waals surface area contributed by atoms with E-state index in [-0.39, 0.29) is 56.2 Å². The molecular weight excluding hydrogens is 425 g/mol. The van der Waals surface area contributed by atoms with Crippen LogP contribution in [0.4, 0.5) is 5.82 Å². The van der Waals surface area contributed by atoms with Crippen LogP contribution in [0.15, 0.2) is 17.1 Å². The second kappa shape index (κ2) is 6.10. The van der Waals surface area contributed by atoms with Gasteiger partial charge in [0.05, 0.1) is 6.61 Å². The number of nitrogens with zero attached hydrogens (tertiary/aromatic N) is 2. The molecule has 0 saturated carbocycles. The van der Waals surface area contributed by atoms with Gasteiger partial charge in [0.25, 0.3) is 0 Å². The average Bonchev–Trinajstić information content (AvgIpc) is 2.66. The number of rotatable bonds is 2. The Balaban J connectivity index is 0.00000128. The second-order valence-corrected chi connectivity index (χ2v) is 3.26. The van der Waals surface area contributed by atoms with E-state index in [1.54, 1.807) is 0 Å². The zero-order valence-electron chi connectivity index (χ0n) is 8.92. The molecule has 1 radical (unpaired) electrons. The van der Waals surface area contributed by atoms with Crippen molar-refractivity contribution in [3.05, 3.63) is 28.5 Å². The zero-order chi connectivity index (χ0) is 10.8. The summed E-state index contributed by atoms with van der Waals surface area (Å²) in [5, 5.41) is 0. The number of nitrogens with one attached hydrogen (secondary N) is 1. The molecule has 1 aromatic rings. The van der Waals surface area contributed by atoms with Crippen LogP contribution in [-0.4, -0.2) is 22.4 Å². The minimum Gasteiger partial charge on any atom is -0.482 e. The van der Waals surface area contributed by atoms with Crippen LogP contribution in [0.3, 0.4) is 0 Å². The Bertz CT molecular complexity index is 409. The van der Waals surface area contributed by atoms with Gasteiger partial charge in [0.1, 0.15) is 0 Å². The SMILES string of the molecule is CC[C@H]1OC[C@@H](n2ccc([NH-])nc2=O)O1.[Ac]. The van der Waals surface area contributed by atoms with Gasteiger partial charge in [0, 0.05) is 50.3 Å². The Kier molecular flexibility index (Phi) is 5.38. The molecule has 6 nitrogen and oxygen atoms in total. The topological polar surface area (TPSA) is 77.2 Å². The first kappa shape index (κ1) is 14.1. The van der Waals surface area contributed by atoms with Gasteiger partial charge in [-0.1, -0.05) is 12.7 Å². The maximum absolute atomic E-state index is 11.4. The Labute approximate surface area is 129 Å². The summed E-state index contributed by atoms with van der Waals surface area (Å²) in [7, 11) is 0. The molecule has 2 atom stereocenters. The van der Waals surface area contributed by atoms with Crippen molar-refractivity contribution in [3.8, 4) is 0 Å². The molecule has 7 heteroatoms. The van der Waals surface area contributed by atoms with E-state index in [2.05, 4.69) is 4.98 Å². The predicted octanol–water partition coefficient (Wildman–Crippen LogP) is 1.21. The maximum Gasteiger partial charge on any atom is 0.248 e. The summed E-state index contributed by atoms with van der Waals surface area (Å²) in [5.41, 5.74) is 6.70. The van der Waals surface area contributed by atoms with Crippen LogP contribution in [-0.2, 0) is 9.47 Å². The van der Waals surface area contributed by atoms with Crippen LogP contribution in [0, 0.1) is 44.1 Å². The van der Waals surface area contributed by atoms with Gasteiger partial charge < -0.3 is 20.2 Å². The third-order valence-corrected chi connectivity index (χ3v) is 2.21. The molecule has 2 heterocycles. The van der Waals surface area contributed by atoms with Crippen molar-refractivity contribution in [3.63, 3.8) is 0 Å². The molecule has 0 aromatic carbocycles. The molecule has 1 fully saturated rings. The first-order valence-corrected chi connectivity index (χ1v) is 4.78. The van der Waals surface area contributed by atoms with Gasteiger partial charge in [0.2, 0.25) is 5.69 Å². The van der Waals surface area contributed by atoms with Crippen LogP contribution in [0.1, 0.15) is 19.6 Å². The summed E-state index contributed by atoms with van der Waals surface area (Å²) in [6, 6.07) is 1.45. The molecule has 0 bridgehead atoms. The number of ether oxygens (including phenoxy) is 2. The summed E-state index contributed by atoms with van der Waals surface area (Å²) < 4.78 is 12.1.